The first-order chi connectivity index (χ1) is 12.5. The Morgan fingerprint density at radius 3 is 2.62 bits per heavy atom. The van der Waals surface area contributed by atoms with Gasteiger partial charge in [-0.1, -0.05) is 53.2 Å². The third kappa shape index (κ3) is 4.91. The van der Waals surface area contributed by atoms with Crippen molar-refractivity contribution < 1.29 is 9.59 Å². The number of hydrazone groups is 1. The van der Waals surface area contributed by atoms with Crippen LogP contribution in [0.5, 0.6) is 0 Å². The molecule has 0 saturated carbocycles. The molecule has 3 N–H and O–H groups in total. The Bertz CT molecular complexity index is 861. The Labute approximate surface area is 164 Å². The normalized spacial score (nSPS) is 17.8. The molecule has 1 aliphatic heterocycles. The maximum atomic E-state index is 12.2. The van der Waals surface area contributed by atoms with Gasteiger partial charge in [0.2, 0.25) is 11.8 Å². The highest BCUT2D eigenvalue weighted by Crippen LogP contribution is 2.26. The van der Waals surface area contributed by atoms with Gasteiger partial charge in [0.1, 0.15) is 5.25 Å². The second-order valence-electron chi connectivity index (χ2n) is 5.37. The van der Waals surface area contributed by atoms with Crippen molar-refractivity contribution in [1.29, 1.82) is 0 Å². The summed E-state index contributed by atoms with van der Waals surface area (Å²) in [5.74, 6) is -0.554. The number of hydrogen-bond acceptors (Lipinski definition) is 5. The first-order valence-corrected chi connectivity index (χ1v) is 9.26. The zero-order chi connectivity index (χ0) is 18.5. The summed E-state index contributed by atoms with van der Waals surface area (Å²) in [6, 6.07) is 14.1. The number of para-hydroxylation sites is 1. The van der Waals surface area contributed by atoms with E-state index in [1.54, 1.807) is 18.2 Å². The second kappa shape index (κ2) is 8.44. The second-order valence-corrected chi connectivity index (χ2v) is 7.38. The molecule has 1 heterocycles. The number of carbonyl (C=O) groups is 2. The summed E-state index contributed by atoms with van der Waals surface area (Å²) < 4.78 is 0. The number of anilines is 2. The maximum absolute atomic E-state index is 12.2. The maximum Gasteiger partial charge on any atom is 0.240 e. The van der Waals surface area contributed by atoms with Gasteiger partial charge in [-0.25, -0.2) is 0 Å². The van der Waals surface area contributed by atoms with Crippen LogP contribution in [0.4, 0.5) is 11.4 Å². The summed E-state index contributed by atoms with van der Waals surface area (Å²) in [6.07, 6.45) is 0.0150. The number of rotatable bonds is 5. The van der Waals surface area contributed by atoms with Crippen LogP contribution in [0.15, 0.2) is 53.6 Å². The Balaban J connectivity index is 1.55. The fourth-order valence-corrected chi connectivity index (χ4v) is 3.40. The molecule has 1 fully saturated rings. The number of thioether (sulfide) groups is 1. The van der Waals surface area contributed by atoms with Gasteiger partial charge in [0.25, 0.3) is 0 Å². The lowest BCUT2D eigenvalue weighted by atomic mass is 10.2. The number of carbonyl (C=O) groups excluding carboxylic acids is 2. The van der Waals surface area contributed by atoms with Gasteiger partial charge in [-0.2, -0.15) is 0 Å². The van der Waals surface area contributed by atoms with E-state index in [-0.39, 0.29) is 18.2 Å². The zero-order valence-corrected chi connectivity index (χ0v) is 15.7. The quantitative estimate of drug-likeness (QED) is 0.654. The van der Waals surface area contributed by atoms with E-state index in [0.29, 0.717) is 20.9 Å². The van der Waals surface area contributed by atoms with Gasteiger partial charge in [-0.3, -0.25) is 15.0 Å². The molecule has 6 nitrogen and oxygen atoms in total. The molecular formula is C17H14Cl2N4O2S. The van der Waals surface area contributed by atoms with Crippen molar-refractivity contribution >= 4 is 63.3 Å². The molecular weight excluding hydrogens is 395 g/mol. The molecule has 0 unspecified atom stereocenters. The van der Waals surface area contributed by atoms with E-state index in [0.717, 1.165) is 5.69 Å². The Morgan fingerprint density at radius 2 is 1.88 bits per heavy atom. The Hall–Kier alpha value is -2.22. The van der Waals surface area contributed by atoms with Crippen molar-refractivity contribution in [3.63, 3.8) is 0 Å². The highest BCUT2D eigenvalue weighted by atomic mass is 35.5. The van der Waals surface area contributed by atoms with Crippen molar-refractivity contribution in [2.45, 2.75) is 11.7 Å². The summed E-state index contributed by atoms with van der Waals surface area (Å²) in [6.45, 7) is 0. The van der Waals surface area contributed by atoms with Crippen molar-refractivity contribution in [3.8, 4) is 0 Å². The minimum absolute atomic E-state index is 0.0150. The average molecular weight is 409 g/mol. The minimum Gasteiger partial charge on any atom is -0.326 e. The first kappa shape index (κ1) is 18.6. The fourth-order valence-electron chi connectivity index (χ4n) is 2.17. The number of hydrogen-bond donors (Lipinski definition) is 3. The topological polar surface area (TPSA) is 82.6 Å². The summed E-state index contributed by atoms with van der Waals surface area (Å²) in [4.78, 5) is 24.2. The summed E-state index contributed by atoms with van der Waals surface area (Å²) in [5, 5.41) is 10.1. The molecule has 2 amide bonds. The number of nitrogens with zero attached hydrogens (tertiary/aromatic N) is 1. The molecule has 26 heavy (non-hydrogen) atoms. The molecule has 1 aliphatic rings. The van der Waals surface area contributed by atoms with E-state index >= 15 is 0 Å². The van der Waals surface area contributed by atoms with Crippen LogP contribution < -0.4 is 16.1 Å². The molecule has 0 aliphatic carbocycles. The number of benzene rings is 2. The van der Waals surface area contributed by atoms with Crippen LogP contribution in [-0.2, 0) is 9.59 Å². The van der Waals surface area contributed by atoms with Gasteiger partial charge in [-0.15, -0.1) is 5.10 Å². The van der Waals surface area contributed by atoms with Crippen molar-refractivity contribution in [1.82, 2.24) is 5.32 Å². The van der Waals surface area contributed by atoms with Gasteiger partial charge in [0, 0.05) is 12.1 Å². The smallest absolute Gasteiger partial charge is 0.240 e. The largest absolute Gasteiger partial charge is 0.326 e. The molecule has 2 aromatic carbocycles. The van der Waals surface area contributed by atoms with Crippen LogP contribution in [-0.4, -0.2) is 22.2 Å². The van der Waals surface area contributed by atoms with Crippen LogP contribution in [0.1, 0.15) is 6.42 Å². The Morgan fingerprint density at radius 1 is 1.12 bits per heavy atom. The van der Waals surface area contributed by atoms with Gasteiger partial charge >= 0.3 is 0 Å². The number of nitrogens with one attached hydrogen (secondary N) is 3. The monoisotopic (exact) mass is 408 g/mol. The van der Waals surface area contributed by atoms with Crippen LogP contribution in [0.3, 0.4) is 0 Å². The lowest BCUT2D eigenvalue weighted by Gasteiger charge is -2.08. The average Bonchev–Trinajstić information content (AvgIpc) is 2.97. The predicted octanol–water partition coefficient (Wildman–Crippen LogP) is 3.94. The van der Waals surface area contributed by atoms with Gasteiger partial charge in [0.15, 0.2) is 5.17 Å². The van der Waals surface area contributed by atoms with Crippen molar-refractivity contribution in [2.75, 3.05) is 10.7 Å². The molecule has 134 valence electrons. The van der Waals surface area contributed by atoms with Crippen molar-refractivity contribution in [2.24, 2.45) is 5.10 Å². The molecule has 1 saturated heterocycles. The zero-order valence-electron chi connectivity index (χ0n) is 13.3. The van der Waals surface area contributed by atoms with Gasteiger partial charge in [-0.05, 0) is 30.3 Å². The first-order valence-electron chi connectivity index (χ1n) is 7.62. The minimum atomic E-state index is -0.547. The number of halogens is 2. The third-order valence-electron chi connectivity index (χ3n) is 3.41. The number of amides is 2. The summed E-state index contributed by atoms with van der Waals surface area (Å²) >= 11 is 13.0. The summed E-state index contributed by atoms with van der Waals surface area (Å²) in [7, 11) is 0. The molecule has 2 aromatic rings. The summed E-state index contributed by atoms with van der Waals surface area (Å²) in [5.41, 5.74) is 4.18. The van der Waals surface area contributed by atoms with E-state index in [1.165, 1.54) is 11.8 Å². The Kier molecular flexibility index (Phi) is 6.03. The van der Waals surface area contributed by atoms with Crippen LogP contribution in [0, 0.1) is 0 Å². The molecule has 0 bridgehead atoms. The van der Waals surface area contributed by atoms with Gasteiger partial charge < -0.3 is 10.6 Å². The van der Waals surface area contributed by atoms with E-state index < -0.39 is 5.25 Å². The fraction of sp³-hybridized carbons (Fsp3) is 0.118. The molecule has 0 spiro atoms. The lowest BCUT2D eigenvalue weighted by Crippen LogP contribution is -2.28. The molecule has 1 atom stereocenters. The van der Waals surface area contributed by atoms with Crippen LogP contribution in [0.2, 0.25) is 10.0 Å². The highest BCUT2D eigenvalue weighted by Gasteiger charge is 2.32. The SMILES string of the molecule is O=C(C[C@@H]1S/C(=N/Nc2ccccc2)NC1=O)Nc1ccc(Cl)c(Cl)c1. The third-order valence-corrected chi connectivity index (χ3v) is 5.23. The highest BCUT2D eigenvalue weighted by molar-refractivity contribution is 8.15. The molecule has 3 rings (SSSR count). The van der Waals surface area contributed by atoms with Crippen molar-refractivity contribution in [3.05, 3.63) is 58.6 Å². The standard InChI is InChI=1S/C17H14Cl2N4O2S/c18-12-7-6-11(8-13(12)19)20-15(24)9-14-16(25)21-17(26-14)23-22-10-4-2-1-3-5-10/h1-8,14,22H,9H2,(H,20,24)(H,21,23,25)/t14-/m0/s1. The molecule has 0 radical (unpaired) electrons. The van der Waals surface area contributed by atoms with E-state index in [9.17, 15) is 9.59 Å². The lowest BCUT2D eigenvalue weighted by molar-refractivity contribution is -0.122. The van der Waals surface area contributed by atoms with Crippen LogP contribution in [0.25, 0.3) is 0 Å². The van der Waals surface area contributed by atoms with Crippen LogP contribution >= 0.6 is 35.0 Å². The van der Waals surface area contributed by atoms with E-state index in [2.05, 4.69) is 21.2 Å². The van der Waals surface area contributed by atoms with E-state index in [4.69, 9.17) is 23.2 Å². The number of amidine groups is 1. The van der Waals surface area contributed by atoms with E-state index in [1.807, 2.05) is 30.3 Å². The predicted molar refractivity (Wildman–Crippen MR) is 107 cm³/mol. The van der Waals surface area contributed by atoms with Gasteiger partial charge in [0.05, 0.1) is 15.7 Å². The molecule has 9 heteroatoms. The molecule has 0 aromatic heterocycles.